The molecule has 7 heteroatoms. The lowest BCUT2D eigenvalue weighted by molar-refractivity contribution is -0.288. The van der Waals surface area contributed by atoms with E-state index >= 15 is 0 Å². The van der Waals surface area contributed by atoms with Crippen molar-refractivity contribution in [2.75, 3.05) is 0 Å². The van der Waals surface area contributed by atoms with E-state index in [9.17, 15) is 9.59 Å². The van der Waals surface area contributed by atoms with Crippen LogP contribution in [0.15, 0.2) is 0 Å². The number of imide groups is 1. The number of halogens is 1. The SMILES string of the molecule is CC1(Br)C(=O)NC(=O)NC1OO. The monoisotopic (exact) mass is 238 g/mol. The van der Waals surface area contributed by atoms with E-state index in [2.05, 4.69) is 26.1 Å². The van der Waals surface area contributed by atoms with E-state index in [4.69, 9.17) is 5.26 Å². The normalized spacial score (nSPS) is 35.8. The van der Waals surface area contributed by atoms with Gasteiger partial charge in [0.05, 0.1) is 0 Å². The van der Waals surface area contributed by atoms with Gasteiger partial charge in [0.15, 0.2) is 6.23 Å². The molecular formula is C5H7BrN2O4. The van der Waals surface area contributed by atoms with Gasteiger partial charge in [0, 0.05) is 0 Å². The molecule has 0 radical (unpaired) electrons. The van der Waals surface area contributed by atoms with Gasteiger partial charge in [0.25, 0.3) is 0 Å². The van der Waals surface area contributed by atoms with Crippen LogP contribution in [0.5, 0.6) is 0 Å². The Balaban J connectivity index is 2.85. The van der Waals surface area contributed by atoms with Crippen LogP contribution in [0.25, 0.3) is 0 Å². The molecule has 0 aromatic carbocycles. The van der Waals surface area contributed by atoms with Crippen LogP contribution in [-0.4, -0.2) is 27.7 Å². The van der Waals surface area contributed by atoms with E-state index in [0.717, 1.165) is 0 Å². The van der Waals surface area contributed by atoms with Gasteiger partial charge in [0.2, 0.25) is 5.91 Å². The van der Waals surface area contributed by atoms with Crippen LogP contribution in [0.1, 0.15) is 6.92 Å². The van der Waals surface area contributed by atoms with Crippen LogP contribution in [0.3, 0.4) is 0 Å². The molecule has 1 fully saturated rings. The van der Waals surface area contributed by atoms with E-state index in [-0.39, 0.29) is 0 Å². The van der Waals surface area contributed by atoms with E-state index in [0.29, 0.717) is 0 Å². The number of urea groups is 1. The molecule has 68 valence electrons. The molecule has 0 aromatic rings. The van der Waals surface area contributed by atoms with Gasteiger partial charge >= 0.3 is 6.03 Å². The molecule has 3 amide bonds. The number of nitrogens with one attached hydrogen (secondary N) is 2. The Bertz CT molecular complexity index is 229. The molecule has 3 N–H and O–H groups in total. The molecule has 1 saturated heterocycles. The van der Waals surface area contributed by atoms with Crippen molar-refractivity contribution >= 4 is 27.9 Å². The quantitative estimate of drug-likeness (QED) is 0.336. The fourth-order valence-corrected chi connectivity index (χ4v) is 1.06. The van der Waals surface area contributed by atoms with E-state index in [1.54, 1.807) is 0 Å². The summed E-state index contributed by atoms with van der Waals surface area (Å²) in [5.74, 6) is -0.565. The second-order valence-electron chi connectivity index (χ2n) is 2.49. The molecule has 12 heavy (non-hydrogen) atoms. The molecule has 1 heterocycles. The molecular weight excluding hydrogens is 232 g/mol. The summed E-state index contributed by atoms with van der Waals surface area (Å²) in [6.45, 7) is 1.46. The Morgan fingerprint density at radius 2 is 2.25 bits per heavy atom. The van der Waals surface area contributed by atoms with E-state index < -0.39 is 22.5 Å². The summed E-state index contributed by atoms with van der Waals surface area (Å²) < 4.78 is -1.16. The van der Waals surface area contributed by atoms with Gasteiger partial charge in [-0.1, -0.05) is 15.9 Å². The average molecular weight is 239 g/mol. The summed E-state index contributed by atoms with van der Waals surface area (Å²) in [7, 11) is 0. The lowest BCUT2D eigenvalue weighted by atomic mass is 10.1. The summed E-state index contributed by atoms with van der Waals surface area (Å²) in [6.07, 6.45) is -1.08. The molecule has 0 spiro atoms. The molecule has 1 aliphatic rings. The third kappa shape index (κ3) is 1.43. The number of carbonyl (C=O) groups excluding carboxylic acids is 2. The zero-order valence-corrected chi connectivity index (χ0v) is 7.71. The van der Waals surface area contributed by atoms with Crippen LogP contribution in [0.2, 0.25) is 0 Å². The summed E-state index contributed by atoms with van der Waals surface area (Å²) in [4.78, 5) is 25.7. The van der Waals surface area contributed by atoms with Crippen LogP contribution < -0.4 is 10.6 Å². The fourth-order valence-electron chi connectivity index (χ4n) is 0.760. The Labute approximate surface area is 76.3 Å². The highest BCUT2D eigenvalue weighted by atomic mass is 79.9. The Morgan fingerprint density at radius 3 is 2.75 bits per heavy atom. The van der Waals surface area contributed by atoms with Crippen molar-refractivity contribution in [2.24, 2.45) is 0 Å². The maximum Gasteiger partial charge on any atom is 0.323 e. The second kappa shape index (κ2) is 3.00. The highest BCUT2D eigenvalue weighted by Gasteiger charge is 2.46. The van der Waals surface area contributed by atoms with Gasteiger partial charge in [-0.2, -0.15) is 0 Å². The van der Waals surface area contributed by atoms with E-state index in [1.165, 1.54) is 6.92 Å². The first-order chi connectivity index (χ1) is 5.48. The van der Waals surface area contributed by atoms with Crippen LogP contribution in [0.4, 0.5) is 4.79 Å². The van der Waals surface area contributed by atoms with Crippen molar-refractivity contribution in [1.82, 2.24) is 10.6 Å². The predicted molar refractivity (Wildman–Crippen MR) is 41.5 cm³/mol. The number of alkyl halides is 1. The summed E-state index contributed by atoms with van der Waals surface area (Å²) in [5.41, 5.74) is 0. The second-order valence-corrected chi connectivity index (χ2v) is 4.14. The molecule has 2 unspecified atom stereocenters. The first kappa shape index (κ1) is 9.43. The van der Waals surface area contributed by atoms with Crippen LogP contribution >= 0.6 is 15.9 Å². The van der Waals surface area contributed by atoms with Crippen molar-refractivity contribution in [3.8, 4) is 0 Å². The molecule has 1 rings (SSSR count). The first-order valence-electron chi connectivity index (χ1n) is 3.09. The van der Waals surface area contributed by atoms with E-state index in [1.807, 2.05) is 5.32 Å². The topological polar surface area (TPSA) is 87.7 Å². The molecule has 2 atom stereocenters. The summed E-state index contributed by atoms with van der Waals surface area (Å²) in [5, 5.41) is 12.5. The van der Waals surface area contributed by atoms with Crippen molar-refractivity contribution in [3.05, 3.63) is 0 Å². The largest absolute Gasteiger partial charge is 0.323 e. The fraction of sp³-hybridized carbons (Fsp3) is 0.600. The Kier molecular flexibility index (Phi) is 2.36. The van der Waals surface area contributed by atoms with Gasteiger partial charge in [-0.05, 0) is 6.92 Å². The number of hydrogen-bond donors (Lipinski definition) is 3. The number of rotatable bonds is 1. The predicted octanol–water partition coefficient (Wildman–Crippen LogP) is -0.205. The zero-order valence-electron chi connectivity index (χ0n) is 6.13. The summed E-state index contributed by atoms with van der Waals surface area (Å²) >= 11 is 3.00. The van der Waals surface area contributed by atoms with Crippen LogP contribution in [0, 0.1) is 0 Å². The average Bonchev–Trinajstić information content (AvgIpc) is 1.97. The molecule has 6 nitrogen and oxygen atoms in total. The van der Waals surface area contributed by atoms with Crippen molar-refractivity contribution < 1.29 is 19.7 Å². The Hall–Kier alpha value is -0.660. The minimum absolute atomic E-state index is 0.565. The van der Waals surface area contributed by atoms with Gasteiger partial charge in [-0.15, -0.1) is 0 Å². The Morgan fingerprint density at radius 1 is 1.67 bits per heavy atom. The lowest BCUT2D eigenvalue weighted by Gasteiger charge is -2.32. The highest BCUT2D eigenvalue weighted by molar-refractivity contribution is 9.10. The maximum atomic E-state index is 11.1. The van der Waals surface area contributed by atoms with Gasteiger partial charge in [-0.25, -0.2) is 14.9 Å². The number of amides is 3. The van der Waals surface area contributed by atoms with Gasteiger partial charge in [-0.3, -0.25) is 10.1 Å². The number of carbonyl (C=O) groups is 2. The third-order valence-electron chi connectivity index (χ3n) is 1.53. The highest BCUT2D eigenvalue weighted by Crippen LogP contribution is 2.24. The smallest absolute Gasteiger partial charge is 0.308 e. The van der Waals surface area contributed by atoms with Crippen molar-refractivity contribution in [3.63, 3.8) is 0 Å². The van der Waals surface area contributed by atoms with Gasteiger partial charge in [0.1, 0.15) is 4.32 Å². The maximum absolute atomic E-state index is 11.1. The molecule has 0 aromatic heterocycles. The minimum Gasteiger partial charge on any atom is -0.308 e. The first-order valence-corrected chi connectivity index (χ1v) is 3.89. The summed E-state index contributed by atoms with van der Waals surface area (Å²) in [6, 6.07) is -0.698. The standard InChI is InChI=1S/C5H7BrN2O4/c1-5(6)2(9)7-4(10)8-3(5)12-11/h3,11H,1H3,(H2,7,8,9,10). The third-order valence-corrected chi connectivity index (χ3v) is 2.31. The molecule has 0 saturated carbocycles. The molecule has 0 bridgehead atoms. The minimum atomic E-state index is -1.16. The number of hydrogen-bond acceptors (Lipinski definition) is 4. The molecule has 0 aliphatic carbocycles. The van der Waals surface area contributed by atoms with Gasteiger partial charge < -0.3 is 5.32 Å². The van der Waals surface area contributed by atoms with Crippen molar-refractivity contribution in [1.29, 1.82) is 0 Å². The lowest BCUT2D eigenvalue weighted by Crippen LogP contribution is -2.65. The molecule has 1 aliphatic heterocycles. The van der Waals surface area contributed by atoms with Crippen molar-refractivity contribution in [2.45, 2.75) is 17.5 Å². The zero-order chi connectivity index (χ0) is 9.35. The van der Waals surface area contributed by atoms with Crippen LogP contribution in [-0.2, 0) is 9.68 Å².